The first-order chi connectivity index (χ1) is 11.1. The number of anilines is 1. The molecule has 0 bridgehead atoms. The number of halogens is 2. The van der Waals surface area contributed by atoms with Gasteiger partial charge < -0.3 is 0 Å². The van der Waals surface area contributed by atoms with E-state index >= 15 is 0 Å². The number of hydrogen-bond acceptors (Lipinski definition) is 1. The molecule has 1 unspecified atom stereocenters. The summed E-state index contributed by atoms with van der Waals surface area (Å²) in [7, 11) is 0. The SMILES string of the molecule is CC1=C(C)C(C)[C]([Hf]([NH]c2ccccc2C(C)(C)C)[SiH](C)C)=C1C.Cl.Cl. The minimum atomic E-state index is -2.04. The van der Waals surface area contributed by atoms with Crippen LogP contribution < -0.4 is 3.30 Å². The van der Waals surface area contributed by atoms with Crippen LogP contribution in [0.25, 0.3) is 0 Å². The Kier molecular flexibility index (Phi) is 10.2. The van der Waals surface area contributed by atoms with Gasteiger partial charge in [-0.1, -0.05) is 0 Å². The summed E-state index contributed by atoms with van der Waals surface area (Å²) >= 11 is -2.04. The molecule has 0 saturated heterocycles. The van der Waals surface area contributed by atoms with Gasteiger partial charge in [-0.05, 0) is 0 Å². The van der Waals surface area contributed by atoms with Gasteiger partial charge in [-0.3, -0.25) is 0 Å². The second-order valence-electron chi connectivity index (χ2n) is 8.56. The largest absolute Gasteiger partial charge is 0.147 e. The summed E-state index contributed by atoms with van der Waals surface area (Å²) in [5.74, 6) is -0.0339. The van der Waals surface area contributed by atoms with E-state index in [0.29, 0.717) is 5.92 Å². The second-order valence-corrected chi connectivity index (χ2v) is 33.8. The number of nitrogens with one attached hydrogen (secondary N) is 1. The number of hydrogen-bond donors (Lipinski definition) is 1. The fraction of sp³-hybridized carbons (Fsp3) is 0.524. The molecule has 0 spiro atoms. The predicted molar refractivity (Wildman–Crippen MR) is 122 cm³/mol. The van der Waals surface area contributed by atoms with Crippen molar-refractivity contribution < 1.29 is 20.9 Å². The summed E-state index contributed by atoms with van der Waals surface area (Å²) in [6.45, 7) is 21.6. The van der Waals surface area contributed by atoms with E-state index in [4.69, 9.17) is 0 Å². The Morgan fingerprint density at radius 3 is 1.92 bits per heavy atom. The molecule has 1 atom stereocenters. The van der Waals surface area contributed by atoms with Crippen molar-refractivity contribution in [3.63, 3.8) is 0 Å². The Morgan fingerprint density at radius 1 is 0.962 bits per heavy atom. The third kappa shape index (κ3) is 5.37. The van der Waals surface area contributed by atoms with E-state index in [1.807, 2.05) is 3.33 Å². The Morgan fingerprint density at radius 2 is 1.50 bits per heavy atom. The van der Waals surface area contributed by atoms with Gasteiger partial charge in [-0.25, -0.2) is 0 Å². The third-order valence-electron chi connectivity index (χ3n) is 5.51. The molecule has 1 aliphatic rings. The van der Waals surface area contributed by atoms with Crippen molar-refractivity contribution in [1.82, 2.24) is 0 Å². The van der Waals surface area contributed by atoms with Gasteiger partial charge in [-0.2, -0.15) is 0 Å². The smallest absolute Gasteiger partial charge is 0.147 e. The Bertz CT molecular complexity index is 689. The maximum absolute atomic E-state index is 4.19. The van der Waals surface area contributed by atoms with Crippen LogP contribution in [0.4, 0.5) is 5.69 Å². The van der Waals surface area contributed by atoms with Crippen LogP contribution in [0.1, 0.15) is 54.0 Å². The molecular weight excluding hydrogens is 544 g/mol. The minimum absolute atomic E-state index is 0. The van der Waals surface area contributed by atoms with E-state index in [0.717, 1.165) is 0 Å². The molecule has 1 N–H and O–H groups in total. The normalized spacial score (nSPS) is 17.2. The van der Waals surface area contributed by atoms with Gasteiger partial charge in [0.05, 0.1) is 0 Å². The molecule has 1 aromatic carbocycles. The summed E-state index contributed by atoms with van der Waals surface area (Å²) in [5, 5.41) is 0. The number of benzene rings is 1. The van der Waals surface area contributed by atoms with E-state index < -0.39 is 26.9 Å². The summed E-state index contributed by atoms with van der Waals surface area (Å²) in [4.78, 5) is 0. The molecule has 0 saturated carbocycles. The molecule has 1 aromatic rings. The molecule has 2 rings (SSSR count). The maximum Gasteiger partial charge on any atom is -0.147 e. The maximum atomic E-state index is 4.19. The van der Waals surface area contributed by atoms with Gasteiger partial charge in [-0.15, -0.1) is 24.8 Å². The van der Waals surface area contributed by atoms with Gasteiger partial charge in [0.2, 0.25) is 0 Å². The molecule has 5 heteroatoms. The molecular formula is C21H36Cl2HfNSi. The van der Waals surface area contributed by atoms with E-state index in [1.165, 1.54) is 11.3 Å². The molecule has 0 aliphatic heterocycles. The summed E-state index contributed by atoms with van der Waals surface area (Å²) < 4.78 is 6.04. The fourth-order valence-electron chi connectivity index (χ4n) is 3.71. The van der Waals surface area contributed by atoms with Crippen molar-refractivity contribution in [2.24, 2.45) is 5.92 Å². The molecule has 0 fully saturated rings. The molecule has 0 radical (unpaired) electrons. The zero-order valence-electron chi connectivity index (χ0n) is 17.8. The summed E-state index contributed by atoms with van der Waals surface area (Å²) in [6.07, 6.45) is 0. The fourth-order valence-corrected chi connectivity index (χ4v) is 26.4. The van der Waals surface area contributed by atoms with Crippen LogP contribution in [0, 0.1) is 5.92 Å². The van der Waals surface area contributed by atoms with Gasteiger partial charge >= 0.3 is 159 Å². The zero-order valence-corrected chi connectivity index (χ0v) is 24.2. The number of allylic oxidation sites excluding steroid dienone is 4. The van der Waals surface area contributed by atoms with Crippen molar-refractivity contribution in [1.29, 1.82) is 0 Å². The van der Waals surface area contributed by atoms with E-state index in [-0.39, 0.29) is 30.2 Å². The molecule has 26 heavy (non-hydrogen) atoms. The first kappa shape index (κ1) is 26.2. The van der Waals surface area contributed by atoms with Crippen LogP contribution in [-0.2, 0) is 26.3 Å². The number of para-hydroxylation sites is 1. The first-order valence-corrected chi connectivity index (χ1v) is 21.9. The van der Waals surface area contributed by atoms with Crippen LogP contribution >= 0.6 is 24.8 Å². The Balaban J connectivity index is 0.00000312. The zero-order chi connectivity index (χ0) is 18.2. The second kappa shape index (κ2) is 10.1. The van der Waals surface area contributed by atoms with Crippen LogP contribution in [0.2, 0.25) is 13.1 Å². The Labute approximate surface area is 182 Å². The van der Waals surface area contributed by atoms with Crippen LogP contribution in [0.3, 0.4) is 0 Å². The van der Waals surface area contributed by atoms with Crippen molar-refractivity contribution >= 4 is 36.5 Å². The third-order valence-corrected chi connectivity index (χ3v) is 29.8. The van der Waals surface area contributed by atoms with Crippen molar-refractivity contribution in [3.05, 3.63) is 49.9 Å². The van der Waals surface area contributed by atoms with Crippen molar-refractivity contribution in [2.45, 2.75) is 67.0 Å². The molecule has 1 aliphatic carbocycles. The van der Waals surface area contributed by atoms with Gasteiger partial charge in [0.25, 0.3) is 0 Å². The molecule has 147 valence electrons. The average molecular weight is 580 g/mol. The van der Waals surface area contributed by atoms with Gasteiger partial charge in [0.1, 0.15) is 0 Å². The van der Waals surface area contributed by atoms with Gasteiger partial charge in [0.15, 0.2) is 0 Å². The first-order valence-electron chi connectivity index (χ1n) is 9.18. The van der Waals surface area contributed by atoms with Crippen molar-refractivity contribution in [2.75, 3.05) is 3.30 Å². The van der Waals surface area contributed by atoms with Crippen LogP contribution in [0.5, 0.6) is 0 Å². The Hall–Kier alpha value is 0.167. The standard InChI is InChI=1S/C10H14N.C9H13.C2H7Si.2ClH.Hf/c1-10(2,3)8-6-4-5-7-9(8)11;1-6-5-7(2)9(4)8(6)3;1-3-2;;;/h4-7,11H,1-3H3;6H,1-4H3;3H,1-2H3;2*1H;/q-1;;;;;+1. The van der Waals surface area contributed by atoms with Crippen LogP contribution in [-0.4, -0.2) is 5.98 Å². The van der Waals surface area contributed by atoms with E-state index in [2.05, 4.69) is 89.1 Å². The number of rotatable bonds is 4. The molecule has 0 heterocycles. The van der Waals surface area contributed by atoms with Crippen molar-refractivity contribution in [3.8, 4) is 0 Å². The predicted octanol–water partition coefficient (Wildman–Crippen LogP) is 7.02. The summed E-state index contributed by atoms with van der Waals surface area (Å²) in [5.41, 5.74) is 7.83. The topological polar surface area (TPSA) is 12.0 Å². The minimum Gasteiger partial charge on any atom is -0.147 e. The van der Waals surface area contributed by atoms with Crippen LogP contribution in [0.15, 0.2) is 44.3 Å². The van der Waals surface area contributed by atoms with E-state index in [9.17, 15) is 0 Å². The van der Waals surface area contributed by atoms with E-state index in [1.54, 1.807) is 16.7 Å². The average Bonchev–Trinajstić information content (AvgIpc) is 2.68. The quantitative estimate of drug-likeness (QED) is 0.378. The molecule has 1 nitrogen and oxygen atoms in total. The molecule has 0 aromatic heterocycles. The monoisotopic (exact) mass is 580 g/mol. The van der Waals surface area contributed by atoms with Gasteiger partial charge in [0, 0.05) is 0 Å². The summed E-state index contributed by atoms with van der Waals surface area (Å²) in [6, 6.07) is 8.99. The molecule has 0 amide bonds.